The molecule has 0 radical (unpaired) electrons. The van der Waals surface area contributed by atoms with Crippen molar-refractivity contribution < 1.29 is 19.1 Å². The molecular formula is C22H17N5O4. The first kappa shape index (κ1) is 18.7. The molecule has 0 saturated heterocycles. The van der Waals surface area contributed by atoms with E-state index in [1.165, 1.54) is 20.4 Å². The van der Waals surface area contributed by atoms with Crippen molar-refractivity contribution in [2.24, 2.45) is 7.05 Å². The Kier molecular flexibility index (Phi) is 4.18. The number of fused-ring (bicyclic) bond motifs is 3. The van der Waals surface area contributed by atoms with E-state index in [0.717, 1.165) is 10.5 Å². The van der Waals surface area contributed by atoms with Crippen molar-refractivity contribution in [3.63, 3.8) is 0 Å². The van der Waals surface area contributed by atoms with Gasteiger partial charge in [-0.3, -0.25) is 14.6 Å². The van der Waals surface area contributed by atoms with Crippen LogP contribution in [0.3, 0.4) is 0 Å². The summed E-state index contributed by atoms with van der Waals surface area (Å²) >= 11 is 0. The third-order valence-electron chi connectivity index (χ3n) is 5.28. The van der Waals surface area contributed by atoms with Crippen molar-refractivity contribution in [3.05, 3.63) is 60.0 Å². The number of nitrogens with zero attached hydrogens (tertiary/aromatic N) is 5. The lowest BCUT2D eigenvalue weighted by Gasteiger charge is -2.18. The van der Waals surface area contributed by atoms with E-state index in [-0.39, 0.29) is 11.1 Å². The van der Waals surface area contributed by atoms with Crippen LogP contribution in [0.5, 0.6) is 11.5 Å². The Bertz CT molecular complexity index is 1360. The first-order valence-corrected chi connectivity index (χ1v) is 9.42. The molecule has 0 saturated carbocycles. The maximum absolute atomic E-state index is 13.6. The summed E-state index contributed by atoms with van der Waals surface area (Å²) in [6, 6.07) is 8.54. The molecule has 4 aromatic rings. The Balaban J connectivity index is 1.76. The van der Waals surface area contributed by atoms with Gasteiger partial charge < -0.3 is 9.47 Å². The summed E-state index contributed by atoms with van der Waals surface area (Å²) in [7, 11) is 4.74. The molecule has 0 spiro atoms. The average Bonchev–Trinajstić information content (AvgIpc) is 3.27. The predicted molar refractivity (Wildman–Crippen MR) is 112 cm³/mol. The molecule has 0 fully saturated rings. The largest absolute Gasteiger partial charge is 0.497 e. The molecule has 0 unspecified atom stereocenters. The molecule has 4 heterocycles. The fourth-order valence-electron chi connectivity index (χ4n) is 3.83. The number of hydrogen-bond donors (Lipinski definition) is 0. The molecule has 1 aliphatic rings. The van der Waals surface area contributed by atoms with Gasteiger partial charge in [-0.05, 0) is 24.3 Å². The average molecular weight is 415 g/mol. The van der Waals surface area contributed by atoms with Crippen LogP contribution >= 0.6 is 0 Å². The maximum atomic E-state index is 13.6. The number of ether oxygens (including phenoxy) is 2. The number of methoxy groups -OCH3 is 2. The van der Waals surface area contributed by atoms with Gasteiger partial charge in [0.15, 0.2) is 5.65 Å². The van der Waals surface area contributed by atoms with Crippen molar-refractivity contribution in [2.45, 2.75) is 0 Å². The number of carbonyl (C=O) groups excluding carboxylic acids is 2. The molecule has 154 valence electrons. The SMILES string of the molecule is COc1ccc(OC)c(N2C(=O)c3cnc4c(c(-c5ccncc5)nn4C)c3C2=O)c1. The molecule has 0 aliphatic carbocycles. The number of anilines is 1. The summed E-state index contributed by atoms with van der Waals surface area (Å²) in [6.45, 7) is 0. The van der Waals surface area contributed by atoms with Crippen LogP contribution in [0.2, 0.25) is 0 Å². The number of imide groups is 1. The first-order chi connectivity index (χ1) is 15.0. The van der Waals surface area contributed by atoms with Crippen molar-refractivity contribution in [2.75, 3.05) is 19.1 Å². The van der Waals surface area contributed by atoms with Gasteiger partial charge in [-0.1, -0.05) is 0 Å². The lowest BCUT2D eigenvalue weighted by molar-refractivity contribution is 0.0925. The quantitative estimate of drug-likeness (QED) is 0.473. The van der Waals surface area contributed by atoms with E-state index in [2.05, 4.69) is 15.1 Å². The predicted octanol–water partition coefficient (Wildman–Crippen LogP) is 2.85. The zero-order chi connectivity index (χ0) is 21.7. The zero-order valence-electron chi connectivity index (χ0n) is 17.0. The van der Waals surface area contributed by atoms with Crippen LogP contribution in [0.25, 0.3) is 22.3 Å². The first-order valence-electron chi connectivity index (χ1n) is 9.42. The van der Waals surface area contributed by atoms with Gasteiger partial charge in [0, 0.05) is 37.3 Å². The van der Waals surface area contributed by atoms with Crippen molar-refractivity contribution >= 4 is 28.5 Å². The van der Waals surface area contributed by atoms with Crippen LogP contribution in [-0.2, 0) is 7.05 Å². The number of carbonyl (C=O) groups is 2. The Morgan fingerprint density at radius 2 is 1.74 bits per heavy atom. The third-order valence-corrected chi connectivity index (χ3v) is 5.28. The lowest BCUT2D eigenvalue weighted by Crippen LogP contribution is -2.29. The van der Waals surface area contributed by atoms with E-state index in [1.807, 2.05) is 0 Å². The van der Waals surface area contributed by atoms with E-state index in [0.29, 0.717) is 33.9 Å². The van der Waals surface area contributed by atoms with E-state index in [9.17, 15) is 9.59 Å². The van der Waals surface area contributed by atoms with Gasteiger partial charge in [-0.15, -0.1) is 0 Å². The molecule has 2 amide bonds. The monoisotopic (exact) mass is 415 g/mol. The molecule has 3 aromatic heterocycles. The molecule has 9 heteroatoms. The highest BCUT2D eigenvalue weighted by Gasteiger charge is 2.41. The van der Waals surface area contributed by atoms with Crippen LogP contribution in [0, 0.1) is 0 Å². The summed E-state index contributed by atoms with van der Waals surface area (Å²) in [5.41, 5.74) is 2.62. The van der Waals surface area contributed by atoms with E-state index >= 15 is 0 Å². The molecule has 5 rings (SSSR count). The smallest absolute Gasteiger partial charge is 0.267 e. The molecule has 31 heavy (non-hydrogen) atoms. The minimum absolute atomic E-state index is 0.214. The summed E-state index contributed by atoms with van der Waals surface area (Å²) in [5, 5.41) is 5.08. The second-order valence-corrected chi connectivity index (χ2v) is 6.94. The fraction of sp³-hybridized carbons (Fsp3) is 0.136. The molecule has 1 aliphatic heterocycles. The van der Waals surface area contributed by atoms with Gasteiger partial charge in [0.1, 0.15) is 17.2 Å². The third kappa shape index (κ3) is 2.67. The van der Waals surface area contributed by atoms with E-state index in [1.54, 1.807) is 54.5 Å². The van der Waals surface area contributed by atoms with Crippen molar-refractivity contribution in [1.29, 1.82) is 0 Å². The van der Waals surface area contributed by atoms with Crippen molar-refractivity contribution in [3.8, 4) is 22.8 Å². The Morgan fingerprint density at radius 1 is 0.968 bits per heavy atom. The van der Waals surface area contributed by atoms with E-state index < -0.39 is 11.8 Å². The maximum Gasteiger partial charge on any atom is 0.267 e. The second kappa shape index (κ2) is 6.91. The van der Waals surface area contributed by atoms with Gasteiger partial charge >= 0.3 is 0 Å². The van der Waals surface area contributed by atoms with Gasteiger partial charge in [-0.2, -0.15) is 5.10 Å². The standard InChI is InChI=1S/C22H17N5O4/c1-26-20-18(19(25-26)12-6-8-23-9-7-12)17-14(11-24-20)21(28)27(22(17)29)15-10-13(30-2)4-5-16(15)31-3/h4-11H,1-3H3. The number of amides is 2. The van der Waals surface area contributed by atoms with Gasteiger partial charge in [0.2, 0.25) is 0 Å². The Hall–Kier alpha value is -4.27. The van der Waals surface area contributed by atoms with Gasteiger partial charge in [0.05, 0.1) is 36.4 Å². The lowest BCUT2D eigenvalue weighted by atomic mass is 10.0. The molecule has 1 aromatic carbocycles. The van der Waals surface area contributed by atoms with Gasteiger partial charge in [-0.25, -0.2) is 14.6 Å². The molecule has 0 atom stereocenters. The van der Waals surface area contributed by atoms with E-state index in [4.69, 9.17) is 9.47 Å². The number of benzene rings is 1. The highest BCUT2D eigenvalue weighted by atomic mass is 16.5. The number of hydrogen-bond acceptors (Lipinski definition) is 7. The summed E-state index contributed by atoms with van der Waals surface area (Å²) in [6.07, 6.45) is 4.71. The van der Waals surface area contributed by atoms with Crippen LogP contribution < -0.4 is 14.4 Å². The Labute approximate surface area is 176 Å². The minimum Gasteiger partial charge on any atom is -0.497 e. The number of aromatic nitrogens is 4. The molecule has 9 nitrogen and oxygen atoms in total. The summed E-state index contributed by atoms with van der Waals surface area (Å²) in [4.78, 5) is 36.5. The summed E-state index contributed by atoms with van der Waals surface area (Å²) < 4.78 is 12.3. The highest BCUT2D eigenvalue weighted by Crippen LogP contribution is 2.40. The van der Waals surface area contributed by atoms with Gasteiger partial charge in [0.25, 0.3) is 11.8 Å². The Morgan fingerprint density at radius 3 is 2.45 bits per heavy atom. The number of rotatable bonds is 4. The normalized spacial score (nSPS) is 13.1. The van der Waals surface area contributed by atoms with Crippen LogP contribution in [-0.4, -0.2) is 45.8 Å². The van der Waals surface area contributed by atoms with Crippen molar-refractivity contribution in [1.82, 2.24) is 19.7 Å². The number of pyridine rings is 2. The second-order valence-electron chi connectivity index (χ2n) is 6.94. The minimum atomic E-state index is -0.481. The zero-order valence-corrected chi connectivity index (χ0v) is 17.0. The highest BCUT2D eigenvalue weighted by molar-refractivity contribution is 6.38. The van der Waals surface area contributed by atoms with Crippen LogP contribution in [0.4, 0.5) is 5.69 Å². The topological polar surface area (TPSA) is 99.4 Å². The van der Waals surface area contributed by atoms with Crippen LogP contribution in [0.1, 0.15) is 20.7 Å². The molecule has 0 bridgehead atoms. The summed E-state index contributed by atoms with van der Waals surface area (Å²) in [5.74, 6) is -0.0812. The number of aryl methyl sites for hydroxylation is 1. The van der Waals surface area contributed by atoms with Crippen LogP contribution in [0.15, 0.2) is 48.9 Å². The molecule has 0 N–H and O–H groups in total. The molecular weight excluding hydrogens is 398 g/mol. The fourth-order valence-corrected chi connectivity index (χ4v) is 3.83.